The maximum Gasteiger partial charge on any atom is 0.303 e. The lowest BCUT2D eigenvalue weighted by Crippen LogP contribution is -2.45. The Bertz CT molecular complexity index is 436. The number of rotatable bonds is 4. The van der Waals surface area contributed by atoms with Crippen LogP contribution in [0.1, 0.15) is 70.6 Å². The van der Waals surface area contributed by atoms with Gasteiger partial charge in [-0.1, -0.05) is 25.7 Å². The van der Waals surface area contributed by atoms with E-state index in [0.29, 0.717) is 18.2 Å². The number of carbonyl (C=O) groups excluding carboxylic acids is 1. The summed E-state index contributed by atoms with van der Waals surface area (Å²) >= 11 is 0. The molecular formula is C19H31NO3. The van der Waals surface area contributed by atoms with Crippen molar-refractivity contribution >= 4 is 11.9 Å². The van der Waals surface area contributed by atoms with Crippen LogP contribution in [-0.2, 0) is 9.59 Å². The summed E-state index contributed by atoms with van der Waals surface area (Å²) in [4.78, 5) is 25.7. The minimum atomic E-state index is -0.718. The Labute approximate surface area is 139 Å². The van der Waals surface area contributed by atoms with Gasteiger partial charge in [-0.2, -0.15) is 0 Å². The third-order valence-corrected chi connectivity index (χ3v) is 6.49. The molecule has 0 aromatic carbocycles. The van der Waals surface area contributed by atoms with Crippen molar-refractivity contribution in [3.63, 3.8) is 0 Å². The van der Waals surface area contributed by atoms with Gasteiger partial charge in [0.05, 0.1) is 0 Å². The largest absolute Gasteiger partial charge is 0.481 e. The average Bonchev–Trinajstić information content (AvgIpc) is 2.59. The zero-order valence-corrected chi connectivity index (χ0v) is 14.2. The van der Waals surface area contributed by atoms with Crippen molar-refractivity contribution in [1.29, 1.82) is 0 Å². The maximum absolute atomic E-state index is 12.9. The minimum absolute atomic E-state index is 0.236. The molecule has 0 spiro atoms. The minimum Gasteiger partial charge on any atom is -0.481 e. The topological polar surface area (TPSA) is 57.6 Å². The smallest absolute Gasteiger partial charge is 0.303 e. The number of fused-ring (bicyclic) bond motifs is 1. The van der Waals surface area contributed by atoms with E-state index in [2.05, 4.69) is 4.90 Å². The van der Waals surface area contributed by atoms with Crippen LogP contribution in [0.4, 0.5) is 0 Å². The molecule has 1 heterocycles. The predicted molar refractivity (Wildman–Crippen MR) is 89.0 cm³/mol. The molecule has 130 valence electrons. The fraction of sp³-hybridized carbons (Fsp3) is 0.895. The van der Waals surface area contributed by atoms with Crippen LogP contribution in [0, 0.1) is 23.7 Å². The zero-order chi connectivity index (χ0) is 16.2. The van der Waals surface area contributed by atoms with Crippen molar-refractivity contribution < 1.29 is 14.7 Å². The monoisotopic (exact) mass is 321 g/mol. The molecule has 3 aliphatic rings. The Morgan fingerprint density at radius 2 is 1.74 bits per heavy atom. The highest BCUT2D eigenvalue weighted by atomic mass is 16.4. The first-order valence-corrected chi connectivity index (χ1v) is 9.64. The molecule has 4 nitrogen and oxygen atoms in total. The Balaban J connectivity index is 1.51. The van der Waals surface area contributed by atoms with E-state index < -0.39 is 5.97 Å². The maximum atomic E-state index is 12.9. The second-order valence-electron chi connectivity index (χ2n) is 8.04. The molecule has 23 heavy (non-hydrogen) atoms. The van der Waals surface area contributed by atoms with Crippen molar-refractivity contribution in [1.82, 2.24) is 4.90 Å². The van der Waals surface area contributed by atoms with Crippen molar-refractivity contribution in [3.8, 4) is 0 Å². The standard InChI is InChI=1S/C19H31NO3/c21-18(22)10-7-14-4-3-11-20(13-14)19(23)17-9-8-15-5-1-2-6-16(15)12-17/h14-17H,1-13H2,(H,21,22). The van der Waals surface area contributed by atoms with Crippen LogP contribution in [0.5, 0.6) is 0 Å². The highest BCUT2D eigenvalue weighted by Gasteiger charge is 2.37. The van der Waals surface area contributed by atoms with Gasteiger partial charge in [-0.05, 0) is 56.3 Å². The number of likely N-dealkylation sites (tertiary alicyclic amines) is 1. The summed E-state index contributed by atoms with van der Waals surface area (Å²) in [5.41, 5.74) is 0. The summed E-state index contributed by atoms with van der Waals surface area (Å²) in [6.07, 6.45) is 11.9. The Morgan fingerprint density at radius 1 is 0.957 bits per heavy atom. The van der Waals surface area contributed by atoms with Gasteiger partial charge in [-0.3, -0.25) is 9.59 Å². The zero-order valence-electron chi connectivity index (χ0n) is 14.2. The summed E-state index contributed by atoms with van der Waals surface area (Å²) in [6, 6.07) is 0. The molecule has 0 aromatic rings. The number of piperidine rings is 1. The van der Waals surface area contributed by atoms with Crippen LogP contribution >= 0.6 is 0 Å². The van der Waals surface area contributed by atoms with E-state index in [-0.39, 0.29) is 12.3 Å². The van der Waals surface area contributed by atoms with Gasteiger partial charge in [0.15, 0.2) is 0 Å². The number of carbonyl (C=O) groups is 2. The second-order valence-corrected chi connectivity index (χ2v) is 8.04. The van der Waals surface area contributed by atoms with Crippen molar-refractivity contribution in [2.24, 2.45) is 23.7 Å². The summed E-state index contributed by atoms with van der Waals surface area (Å²) in [5, 5.41) is 8.85. The number of hydrogen-bond donors (Lipinski definition) is 1. The third kappa shape index (κ3) is 4.27. The second kappa shape index (κ2) is 7.67. The van der Waals surface area contributed by atoms with Gasteiger partial charge in [-0.15, -0.1) is 0 Å². The van der Waals surface area contributed by atoms with E-state index in [0.717, 1.165) is 50.6 Å². The van der Waals surface area contributed by atoms with E-state index >= 15 is 0 Å². The molecule has 1 amide bonds. The first-order chi connectivity index (χ1) is 11.1. The lowest BCUT2D eigenvalue weighted by atomic mass is 9.67. The molecule has 3 fully saturated rings. The highest BCUT2D eigenvalue weighted by molar-refractivity contribution is 5.79. The van der Waals surface area contributed by atoms with E-state index in [9.17, 15) is 9.59 Å². The summed E-state index contributed by atoms with van der Waals surface area (Å²) in [5.74, 6) is 1.96. The Kier molecular flexibility index (Phi) is 5.60. The lowest BCUT2D eigenvalue weighted by Gasteiger charge is -2.41. The number of carboxylic acids is 1. The molecule has 1 aliphatic heterocycles. The van der Waals surface area contributed by atoms with Crippen molar-refractivity contribution in [2.75, 3.05) is 13.1 Å². The highest BCUT2D eigenvalue weighted by Crippen LogP contribution is 2.43. The first kappa shape index (κ1) is 16.8. The molecule has 2 saturated carbocycles. The molecule has 4 unspecified atom stereocenters. The molecule has 0 aromatic heterocycles. The van der Waals surface area contributed by atoms with Gasteiger partial charge in [0.1, 0.15) is 0 Å². The van der Waals surface area contributed by atoms with Crippen molar-refractivity contribution in [2.45, 2.75) is 70.6 Å². The van der Waals surface area contributed by atoms with Gasteiger partial charge in [0, 0.05) is 25.4 Å². The Hall–Kier alpha value is -1.06. The van der Waals surface area contributed by atoms with E-state index in [1.54, 1.807) is 0 Å². The average molecular weight is 321 g/mol. The summed E-state index contributed by atoms with van der Waals surface area (Å²) in [7, 11) is 0. The van der Waals surface area contributed by atoms with Crippen LogP contribution in [0.3, 0.4) is 0 Å². The fourth-order valence-electron chi connectivity index (χ4n) is 5.18. The van der Waals surface area contributed by atoms with Gasteiger partial charge in [0.25, 0.3) is 0 Å². The quantitative estimate of drug-likeness (QED) is 0.859. The van der Waals surface area contributed by atoms with Crippen LogP contribution < -0.4 is 0 Å². The number of amides is 1. The van der Waals surface area contributed by atoms with E-state index in [4.69, 9.17) is 5.11 Å². The van der Waals surface area contributed by atoms with Crippen LogP contribution in [-0.4, -0.2) is 35.0 Å². The Morgan fingerprint density at radius 3 is 2.52 bits per heavy atom. The number of nitrogens with zero attached hydrogens (tertiary/aromatic N) is 1. The third-order valence-electron chi connectivity index (χ3n) is 6.49. The summed E-state index contributed by atoms with van der Waals surface area (Å²) in [6.45, 7) is 1.67. The molecule has 3 rings (SSSR count). The molecule has 4 heteroatoms. The van der Waals surface area contributed by atoms with Gasteiger partial charge in [0.2, 0.25) is 5.91 Å². The number of hydrogen-bond acceptors (Lipinski definition) is 2. The molecular weight excluding hydrogens is 290 g/mol. The fourth-order valence-corrected chi connectivity index (χ4v) is 5.18. The molecule has 1 N–H and O–H groups in total. The van der Waals surface area contributed by atoms with Gasteiger partial charge >= 0.3 is 5.97 Å². The molecule has 1 saturated heterocycles. The number of carboxylic acid groups (broad SMARTS) is 1. The number of aliphatic carboxylic acids is 1. The first-order valence-electron chi connectivity index (χ1n) is 9.64. The lowest BCUT2D eigenvalue weighted by molar-refractivity contribution is -0.140. The van der Waals surface area contributed by atoms with Crippen LogP contribution in [0.2, 0.25) is 0 Å². The van der Waals surface area contributed by atoms with Crippen molar-refractivity contribution in [3.05, 3.63) is 0 Å². The summed E-state index contributed by atoms with van der Waals surface area (Å²) < 4.78 is 0. The molecule has 4 atom stereocenters. The van der Waals surface area contributed by atoms with Gasteiger partial charge in [-0.25, -0.2) is 0 Å². The van der Waals surface area contributed by atoms with E-state index in [1.807, 2.05) is 0 Å². The van der Waals surface area contributed by atoms with Crippen LogP contribution in [0.15, 0.2) is 0 Å². The van der Waals surface area contributed by atoms with Crippen LogP contribution in [0.25, 0.3) is 0 Å². The van der Waals surface area contributed by atoms with Gasteiger partial charge < -0.3 is 10.0 Å². The molecule has 0 radical (unpaired) electrons. The normalized spacial score (nSPS) is 34.7. The van der Waals surface area contributed by atoms with E-state index in [1.165, 1.54) is 32.1 Å². The SMILES string of the molecule is O=C(O)CCC1CCCN(C(=O)C2CCC3CCCCC3C2)C1. The molecule has 0 bridgehead atoms. The molecule has 2 aliphatic carbocycles. The predicted octanol–water partition coefficient (Wildman–Crippen LogP) is 3.70.